The van der Waals surface area contributed by atoms with E-state index in [1.165, 1.54) is 30.3 Å². The lowest BCUT2D eigenvalue weighted by Crippen LogP contribution is -2.18. The van der Waals surface area contributed by atoms with E-state index >= 15 is 0 Å². The fourth-order valence-electron chi connectivity index (χ4n) is 3.03. The molecule has 0 atom stereocenters. The maximum atomic E-state index is 13.0. The van der Waals surface area contributed by atoms with Crippen molar-refractivity contribution < 1.29 is 27.2 Å². The molecule has 160 valence electrons. The van der Waals surface area contributed by atoms with Gasteiger partial charge in [-0.15, -0.1) is 0 Å². The Morgan fingerprint density at radius 2 is 1.61 bits per heavy atom. The van der Waals surface area contributed by atoms with E-state index in [1.807, 2.05) is 0 Å². The number of carbonyl (C=O) groups excluding carboxylic acids is 2. The Bertz CT molecular complexity index is 1130. The molecule has 8 heteroatoms. The van der Waals surface area contributed by atoms with Crippen molar-refractivity contribution >= 4 is 23.2 Å². The van der Waals surface area contributed by atoms with Gasteiger partial charge in [-0.25, -0.2) is 4.39 Å². The standard InChI is InChI=1S/C23H18F4N2O2/c1-14-9-15(13-24)11-16(10-14)21(30)29-20-8-3-2-7-19(20)22(31)28-18-6-4-5-17(12-18)23(25,26)27/h2-12H,13H2,1H3,(H,28,31)(H,29,30). The van der Waals surface area contributed by atoms with Gasteiger partial charge in [-0.05, 0) is 60.5 Å². The normalized spacial score (nSPS) is 11.1. The van der Waals surface area contributed by atoms with E-state index in [9.17, 15) is 27.2 Å². The summed E-state index contributed by atoms with van der Waals surface area (Å²) < 4.78 is 51.7. The molecule has 2 amide bonds. The number of amides is 2. The van der Waals surface area contributed by atoms with Crippen LogP contribution in [0.3, 0.4) is 0 Å². The predicted octanol–water partition coefficient (Wildman–Crippen LogP) is 5.99. The maximum absolute atomic E-state index is 13.0. The van der Waals surface area contributed by atoms with Crippen LogP contribution in [0.2, 0.25) is 0 Å². The minimum atomic E-state index is -4.54. The number of aryl methyl sites for hydroxylation is 1. The summed E-state index contributed by atoms with van der Waals surface area (Å²) in [6, 6.07) is 14.9. The number of carbonyl (C=O) groups is 2. The number of halogens is 4. The largest absolute Gasteiger partial charge is 0.416 e. The summed E-state index contributed by atoms with van der Waals surface area (Å²) in [5, 5.41) is 5.02. The molecule has 3 aromatic rings. The molecular formula is C23H18F4N2O2. The number of anilines is 2. The highest BCUT2D eigenvalue weighted by atomic mass is 19.4. The molecule has 0 fully saturated rings. The lowest BCUT2D eigenvalue weighted by molar-refractivity contribution is -0.137. The summed E-state index contributed by atoms with van der Waals surface area (Å²) in [7, 11) is 0. The van der Waals surface area contributed by atoms with Crippen LogP contribution in [0.4, 0.5) is 28.9 Å². The highest BCUT2D eigenvalue weighted by molar-refractivity contribution is 6.12. The third-order valence-corrected chi connectivity index (χ3v) is 4.42. The molecule has 31 heavy (non-hydrogen) atoms. The summed E-state index contributed by atoms with van der Waals surface area (Å²) in [6.45, 7) is 1.00. The van der Waals surface area contributed by atoms with Gasteiger partial charge < -0.3 is 10.6 Å². The van der Waals surface area contributed by atoms with Gasteiger partial charge in [0.1, 0.15) is 6.67 Å². The topological polar surface area (TPSA) is 58.2 Å². The van der Waals surface area contributed by atoms with Crippen molar-refractivity contribution in [1.29, 1.82) is 0 Å². The third-order valence-electron chi connectivity index (χ3n) is 4.42. The Kier molecular flexibility index (Phi) is 6.39. The predicted molar refractivity (Wildman–Crippen MR) is 110 cm³/mol. The lowest BCUT2D eigenvalue weighted by atomic mass is 10.1. The Balaban J connectivity index is 1.83. The summed E-state index contributed by atoms with van der Waals surface area (Å²) in [5.41, 5.74) is 0.575. The van der Waals surface area contributed by atoms with Gasteiger partial charge in [0.25, 0.3) is 11.8 Å². The van der Waals surface area contributed by atoms with E-state index in [2.05, 4.69) is 10.6 Å². The summed E-state index contributed by atoms with van der Waals surface area (Å²) >= 11 is 0. The zero-order valence-electron chi connectivity index (χ0n) is 16.4. The monoisotopic (exact) mass is 430 g/mol. The van der Waals surface area contributed by atoms with Crippen LogP contribution in [0.15, 0.2) is 66.7 Å². The second kappa shape index (κ2) is 8.99. The molecule has 0 aliphatic heterocycles. The van der Waals surface area contributed by atoms with E-state index in [4.69, 9.17) is 0 Å². The molecule has 0 aromatic heterocycles. The first-order valence-electron chi connectivity index (χ1n) is 9.23. The molecule has 0 aliphatic carbocycles. The zero-order chi connectivity index (χ0) is 22.6. The van der Waals surface area contributed by atoms with Crippen LogP contribution in [0.5, 0.6) is 0 Å². The minimum Gasteiger partial charge on any atom is -0.322 e. The van der Waals surface area contributed by atoms with Crippen LogP contribution in [-0.2, 0) is 12.9 Å². The van der Waals surface area contributed by atoms with Crippen LogP contribution in [-0.4, -0.2) is 11.8 Å². The third kappa shape index (κ3) is 5.48. The van der Waals surface area contributed by atoms with Crippen LogP contribution >= 0.6 is 0 Å². The maximum Gasteiger partial charge on any atom is 0.416 e. The summed E-state index contributed by atoms with van der Waals surface area (Å²) in [6.07, 6.45) is -4.54. The van der Waals surface area contributed by atoms with Crippen LogP contribution in [0.1, 0.15) is 37.4 Å². The molecule has 3 rings (SSSR count). The van der Waals surface area contributed by atoms with Crippen molar-refractivity contribution in [2.24, 2.45) is 0 Å². The van der Waals surface area contributed by atoms with Crippen LogP contribution in [0, 0.1) is 6.92 Å². The van der Waals surface area contributed by atoms with Crippen molar-refractivity contribution in [2.75, 3.05) is 10.6 Å². The average molecular weight is 430 g/mol. The second-order valence-electron chi connectivity index (χ2n) is 6.87. The van der Waals surface area contributed by atoms with Crippen molar-refractivity contribution in [1.82, 2.24) is 0 Å². The van der Waals surface area contributed by atoms with Crippen LogP contribution < -0.4 is 10.6 Å². The Labute approximate surface area is 175 Å². The molecule has 0 heterocycles. The van der Waals surface area contributed by atoms with Crippen molar-refractivity contribution in [3.63, 3.8) is 0 Å². The van der Waals surface area contributed by atoms with Gasteiger partial charge in [0.15, 0.2) is 0 Å². The number of benzene rings is 3. The molecule has 0 unspecified atom stereocenters. The first kappa shape index (κ1) is 22.0. The number of para-hydroxylation sites is 1. The quantitative estimate of drug-likeness (QED) is 0.489. The van der Waals surface area contributed by atoms with E-state index < -0.39 is 30.2 Å². The molecule has 0 radical (unpaired) electrons. The Morgan fingerprint density at radius 3 is 2.32 bits per heavy atom. The number of hydrogen-bond acceptors (Lipinski definition) is 2. The molecule has 0 saturated heterocycles. The van der Waals surface area contributed by atoms with Crippen molar-refractivity contribution in [3.05, 3.63) is 94.5 Å². The number of nitrogens with one attached hydrogen (secondary N) is 2. The van der Waals surface area contributed by atoms with E-state index in [0.29, 0.717) is 11.1 Å². The lowest BCUT2D eigenvalue weighted by Gasteiger charge is -2.13. The number of hydrogen-bond donors (Lipinski definition) is 2. The minimum absolute atomic E-state index is 0.0350. The molecule has 4 nitrogen and oxygen atoms in total. The van der Waals surface area contributed by atoms with Gasteiger partial charge in [-0.2, -0.15) is 13.2 Å². The van der Waals surface area contributed by atoms with Gasteiger partial charge in [0.05, 0.1) is 16.8 Å². The summed E-state index contributed by atoms with van der Waals surface area (Å²) in [4.78, 5) is 25.3. The van der Waals surface area contributed by atoms with Gasteiger partial charge in [-0.3, -0.25) is 9.59 Å². The first-order valence-corrected chi connectivity index (χ1v) is 9.23. The molecule has 0 spiro atoms. The Hall–Kier alpha value is -3.68. The number of rotatable bonds is 5. The fourth-order valence-corrected chi connectivity index (χ4v) is 3.03. The van der Waals surface area contributed by atoms with Crippen LogP contribution in [0.25, 0.3) is 0 Å². The van der Waals surface area contributed by atoms with E-state index in [0.717, 1.165) is 12.1 Å². The molecule has 0 saturated carbocycles. The zero-order valence-corrected chi connectivity index (χ0v) is 16.4. The average Bonchev–Trinajstić information content (AvgIpc) is 2.73. The van der Waals surface area contributed by atoms with Gasteiger partial charge in [0.2, 0.25) is 0 Å². The number of alkyl halides is 4. The molecule has 2 N–H and O–H groups in total. The highest BCUT2D eigenvalue weighted by Crippen LogP contribution is 2.31. The van der Waals surface area contributed by atoms with E-state index in [1.54, 1.807) is 31.2 Å². The van der Waals surface area contributed by atoms with E-state index in [-0.39, 0.29) is 22.5 Å². The van der Waals surface area contributed by atoms with Gasteiger partial charge in [0, 0.05) is 11.3 Å². The fraction of sp³-hybridized carbons (Fsp3) is 0.130. The van der Waals surface area contributed by atoms with Crippen molar-refractivity contribution in [3.8, 4) is 0 Å². The Morgan fingerprint density at radius 1 is 0.871 bits per heavy atom. The first-order chi connectivity index (χ1) is 14.7. The highest BCUT2D eigenvalue weighted by Gasteiger charge is 2.30. The molecule has 0 aliphatic rings. The van der Waals surface area contributed by atoms with Gasteiger partial charge in [-0.1, -0.05) is 24.3 Å². The van der Waals surface area contributed by atoms with Gasteiger partial charge >= 0.3 is 6.18 Å². The van der Waals surface area contributed by atoms with Crippen molar-refractivity contribution in [2.45, 2.75) is 19.8 Å². The molecule has 3 aromatic carbocycles. The summed E-state index contributed by atoms with van der Waals surface area (Å²) in [5.74, 6) is -1.23. The second-order valence-corrected chi connectivity index (χ2v) is 6.87. The molecule has 0 bridgehead atoms. The SMILES string of the molecule is Cc1cc(CF)cc(C(=O)Nc2ccccc2C(=O)Nc2cccc(C(F)(F)F)c2)c1. The molecular weight excluding hydrogens is 412 g/mol. The smallest absolute Gasteiger partial charge is 0.322 e.